The van der Waals surface area contributed by atoms with Crippen molar-refractivity contribution in [2.24, 2.45) is 0 Å². The van der Waals surface area contributed by atoms with E-state index in [1.54, 1.807) is 0 Å². The second-order valence-electron chi connectivity index (χ2n) is 21.0. The van der Waals surface area contributed by atoms with Crippen LogP contribution >= 0.6 is 0 Å². The monoisotopic (exact) mass is 1020 g/mol. The average Bonchev–Trinajstić information content (AvgIpc) is 3.39. The molecule has 73 heavy (non-hydrogen) atoms. The Bertz CT molecular complexity index is 1360. The maximum atomic E-state index is 12.8. The van der Waals surface area contributed by atoms with Gasteiger partial charge in [-0.1, -0.05) is 299 Å². The van der Waals surface area contributed by atoms with Crippen LogP contribution in [0.5, 0.6) is 0 Å². The Kier molecular flexibility index (Phi) is 58.7. The lowest BCUT2D eigenvalue weighted by atomic mass is 10.0. The van der Waals surface area contributed by atoms with Gasteiger partial charge < -0.3 is 14.2 Å². The molecule has 0 aromatic heterocycles. The van der Waals surface area contributed by atoms with E-state index in [0.29, 0.717) is 19.3 Å². The summed E-state index contributed by atoms with van der Waals surface area (Å²) < 4.78 is 16.8. The van der Waals surface area contributed by atoms with Crippen molar-refractivity contribution in [3.8, 4) is 0 Å². The first-order chi connectivity index (χ1) is 36.0. The Morgan fingerprint density at radius 3 is 0.836 bits per heavy atom. The lowest BCUT2D eigenvalue weighted by Crippen LogP contribution is -2.30. The quantitative estimate of drug-likeness (QED) is 0.0261. The highest BCUT2D eigenvalue weighted by atomic mass is 16.6. The molecule has 0 N–H and O–H groups in total. The molecule has 0 heterocycles. The first kappa shape index (κ1) is 69.8. The van der Waals surface area contributed by atoms with Gasteiger partial charge in [0.15, 0.2) is 6.10 Å². The molecule has 6 nitrogen and oxygen atoms in total. The van der Waals surface area contributed by atoms with Crippen LogP contribution in [0, 0.1) is 0 Å². The first-order valence-corrected chi connectivity index (χ1v) is 31.4. The second-order valence-corrected chi connectivity index (χ2v) is 21.0. The molecular weight excluding hydrogens is 901 g/mol. The summed E-state index contributed by atoms with van der Waals surface area (Å²) >= 11 is 0. The van der Waals surface area contributed by atoms with E-state index in [1.165, 1.54) is 180 Å². The lowest BCUT2D eigenvalue weighted by Gasteiger charge is -2.18. The fourth-order valence-corrected chi connectivity index (χ4v) is 9.04. The van der Waals surface area contributed by atoms with Crippen molar-refractivity contribution in [2.75, 3.05) is 13.2 Å². The van der Waals surface area contributed by atoms with E-state index in [9.17, 15) is 14.4 Å². The third kappa shape index (κ3) is 59.6. The van der Waals surface area contributed by atoms with Crippen LogP contribution in [0.1, 0.15) is 316 Å². The van der Waals surface area contributed by atoms with Gasteiger partial charge in [0.25, 0.3) is 0 Å². The summed E-state index contributed by atoms with van der Waals surface area (Å²) in [7, 11) is 0. The van der Waals surface area contributed by atoms with Crippen LogP contribution in [0.25, 0.3) is 0 Å². The van der Waals surface area contributed by atoms with E-state index in [2.05, 4.69) is 93.7 Å². The number of unbranched alkanes of at least 4 members (excludes halogenated alkanes) is 34. The summed E-state index contributed by atoms with van der Waals surface area (Å²) in [5.74, 6) is -0.860. The molecule has 6 heteroatoms. The second kappa shape index (κ2) is 61.4. The summed E-state index contributed by atoms with van der Waals surface area (Å²) in [6, 6.07) is 0. The van der Waals surface area contributed by atoms with Gasteiger partial charge in [0.2, 0.25) is 0 Å². The number of hydrogen-bond donors (Lipinski definition) is 0. The molecule has 0 spiro atoms. The molecule has 0 aliphatic carbocycles. The summed E-state index contributed by atoms with van der Waals surface area (Å²) in [6.07, 6.45) is 79.4. The Hall–Kier alpha value is -3.15. The van der Waals surface area contributed by atoms with Gasteiger partial charge in [0.1, 0.15) is 13.2 Å². The largest absolute Gasteiger partial charge is 0.462 e. The van der Waals surface area contributed by atoms with E-state index >= 15 is 0 Å². The fourth-order valence-electron chi connectivity index (χ4n) is 9.04. The zero-order chi connectivity index (χ0) is 52.9. The van der Waals surface area contributed by atoms with Gasteiger partial charge in [-0.15, -0.1) is 0 Å². The van der Waals surface area contributed by atoms with E-state index in [1.807, 2.05) is 0 Å². The minimum atomic E-state index is -0.767. The van der Waals surface area contributed by atoms with Crippen LogP contribution in [0.15, 0.2) is 72.9 Å². The number of ether oxygens (including phenoxy) is 3. The van der Waals surface area contributed by atoms with Crippen molar-refractivity contribution in [3.63, 3.8) is 0 Å². The summed E-state index contributed by atoms with van der Waals surface area (Å²) in [5.41, 5.74) is 0. The lowest BCUT2D eigenvalue weighted by molar-refractivity contribution is -0.167. The van der Waals surface area contributed by atoms with Crippen LogP contribution in [-0.2, 0) is 28.6 Å². The molecule has 0 amide bonds. The average molecular weight is 1020 g/mol. The smallest absolute Gasteiger partial charge is 0.306 e. The number of hydrogen-bond acceptors (Lipinski definition) is 6. The molecule has 0 saturated carbocycles. The maximum Gasteiger partial charge on any atom is 0.306 e. The van der Waals surface area contributed by atoms with E-state index in [4.69, 9.17) is 14.2 Å². The highest BCUT2D eigenvalue weighted by Gasteiger charge is 2.19. The molecule has 0 fully saturated rings. The Balaban J connectivity index is 3.97. The highest BCUT2D eigenvalue weighted by Crippen LogP contribution is 2.17. The first-order valence-electron chi connectivity index (χ1n) is 31.4. The highest BCUT2D eigenvalue weighted by molar-refractivity contribution is 5.71. The van der Waals surface area contributed by atoms with Crippen LogP contribution in [-0.4, -0.2) is 37.2 Å². The fraction of sp³-hybridized carbons (Fsp3) is 0.776. The molecular formula is C67H118O6. The normalized spacial score (nSPS) is 12.5. The molecule has 1 unspecified atom stereocenters. The Morgan fingerprint density at radius 2 is 0.534 bits per heavy atom. The molecule has 0 rings (SSSR count). The molecule has 0 bridgehead atoms. The molecule has 0 aliphatic rings. The summed E-state index contributed by atoms with van der Waals surface area (Å²) in [4.78, 5) is 38.0. The topological polar surface area (TPSA) is 78.9 Å². The summed E-state index contributed by atoms with van der Waals surface area (Å²) in [5, 5.41) is 0. The zero-order valence-electron chi connectivity index (χ0n) is 48.4. The molecule has 0 aliphatic heterocycles. The Labute approximate surface area is 453 Å². The van der Waals surface area contributed by atoms with E-state index in [0.717, 1.165) is 96.3 Å². The van der Waals surface area contributed by atoms with Crippen molar-refractivity contribution >= 4 is 17.9 Å². The molecule has 0 radical (unpaired) electrons. The van der Waals surface area contributed by atoms with Gasteiger partial charge in [-0.2, -0.15) is 0 Å². The van der Waals surface area contributed by atoms with Crippen LogP contribution in [0.2, 0.25) is 0 Å². The summed E-state index contributed by atoms with van der Waals surface area (Å²) in [6.45, 7) is 6.52. The molecule has 0 aromatic rings. The molecule has 0 saturated heterocycles. The van der Waals surface area contributed by atoms with Gasteiger partial charge >= 0.3 is 17.9 Å². The number of allylic oxidation sites excluding steroid dienone is 12. The predicted octanol–water partition coefficient (Wildman–Crippen LogP) is 21.3. The SMILES string of the molecule is CC/C=C\C/C=C\C/C=C\C/C=C\C/C=C\C/C=C\CCCCCCCCCCCCCCCCCCC(=O)OCC(COC(=O)CCCCCCCCCC)OC(=O)CCCCCCCCCCCCCC. The van der Waals surface area contributed by atoms with Crippen LogP contribution in [0.3, 0.4) is 0 Å². The third-order valence-electron chi connectivity index (χ3n) is 13.7. The number of carbonyl (C=O) groups excluding carboxylic acids is 3. The predicted molar refractivity (Wildman–Crippen MR) is 316 cm³/mol. The van der Waals surface area contributed by atoms with Gasteiger partial charge in [-0.25, -0.2) is 0 Å². The number of esters is 3. The molecule has 0 aromatic carbocycles. The third-order valence-corrected chi connectivity index (χ3v) is 13.7. The zero-order valence-corrected chi connectivity index (χ0v) is 48.4. The van der Waals surface area contributed by atoms with Gasteiger partial charge in [-0.05, 0) is 70.6 Å². The van der Waals surface area contributed by atoms with Crippen molar-refractivity contribution in [1.29, 1.82) is 0 Å². The maximum absolute atomic E-state index is 12.8. The Morgan fingerprint density at radius 1 is 0.288 bits per heavy atom. The van der Waals surface area contributed by atoms with Crippen molar-refractivity contribution in [2.45, 2.75) is 322 Å². The van der Waals surface area contributed by atoms with Crippen molar-refractivity contribution in [3.05, 3.63) is 72.9 Å². The molecule has 422 valence electrons. The number of carbonyl (C=O) groups is 3. The molecule has 1 atom stereocenters. The van der Waals surface area contributed by atoms with Gasteiger partial charge in [-0.3, -0.25) is 14.4 Å². The van der Waals surface area contributed by atoms with Gasteiger partial charge in [0.05, 0.1) is 0 Å². The standard InChI is InChI=1S/C67H118O6/c1-4-7-10-13-16-19-21-23-24-25-26-27-28-29-30-31-32-33-34-35-36-37-38-39-40-41-42-43-44-45-47-48-51-54-57-60-66(69)72-63-64(62-71-65(68)59-56-53-50-18-15-12-9-6-3)73-67(70)61-58-55-52-49-46-22-20-17-14-11-8-5-2/h7,10,16,19,23-24,26-27,29-30,32-33,64H,4-6,8-9,11-15,17-18,20-22,25,28,31,34-63H2,1-3H3/b10-7-,19-16-,24-23-,27-26-,30-29-,33-32-. The van der Waals surface area contributed by atoms with Crippen molar-refractivity contribution in [1.82, 2.24) is 0 Å². The van der Waals surface area contributed by atoms with Crippen LogP contribution < -0.4 is 0 Å². The van der Waals surface area contributed by atoms with E-state index < -0.39 is 6.10 Å². The minimum Gasteiger partial charge on any atom is -0.462 e. The van der Waals surface area contributed by atoms with Crippen LogP contribution in [0.4, 0.5) is 0 Å². The minimum absolute atomic E-state index is 0.0688. The van der Waals surface area contributed by atoms with Gasteiger partial charge in [0, 0.05) is 19.3 Å². The van der Waals surface area contributed by atoms with Crippen molar-refractivity contribution < 1.29 is 28.6 Å². The van der Waals surface area contributed by atoms with E-state index in [-0.39, 0.29) is 31.1 Å². The number of rotatable bonds is 57.